The topological polar surface area (TPSA) is 66.5 Å². The van der Waals surface area contributed by atoms with E-state index in [1.54, 1.807) is 28.6 Å². The van der Waals surface area contributed by atoms with E-state index in [4.69, 9.17) is 0 Å². The first-order valence-electron chi connectivity index (χ1n) is 8.94. The fourth-order valence-electron chi connectivity index (χ4n) is 3.02. The van der Waals surface area contributed by atoms with Crippen molar-refractivity contribution in [1.82, 2.24) is 9.62 Å². The molecule has 27 heavy (non-hydrogen) atoms. The summed E-state index contributed by atoms with van der Waals surface area (Å²) in [5.74, 6) is -0.0485. The first kappa shape index (κ1) is 20.0. The number of carbonyl (C=O) groups is 1. The van der Waals surface area contributed by atoms with Gasteiger partial charge in [-0.25, -0.2) is 12.8 Å². The van der Waals surface area contributed by atoms with E-state index >= 15 is 0 Å². The highest BCUT2D eigenvalue weighted by atomic mass is 32.2. The molecule has 1 N–H and O–H groups in total. The Balaban J connectivity index is 1.57. The maximum Gasteiger partial charge on any atom is 0.252 e. The molecule has 8 heteroatoms. The Morgan fingerprint density at radius 1 is 1.26 bits per heavy atom. The predicted octanol–water partition coefficient (Wildman–Crippen LogP) is 3.17. The molecular weight excluding hydrogens is 387 g/mol. The minimum absolute atomic E-state index is 0.0836. The number of hydrogen-bond acceptors (Lipinski definition) is 4. The van der Waals surface area contributed by atoms with Crippen molar-refractivity contribution in [3.63, 3.8) is 0 Å². The number of piperidine rings is 1. The van der Waals surface area contributed by atoms with Crippen molar-refractivity contribution in [3.05, 3.63) is 52.7 Å². The number of sulfonamides is 1. The number of carbonyl (C=O) groups excluding carboxylic acids is 1. The van der Waals surface area contributed by atoms with Gasteiger partial charge in [0.25, 0.3) is 10.0 Å². The molecule has 0 aliphatic carbocycles. The van der Waals surface area contributed by atoms with Crippen LogP contribution in [0.15, 0.2) is 40.6 Å². The van der Waals surface area contributed by atoms with Crippen molar-refractivity contribution < 1.29 is 17.6 Å². The number of benzene rings is 1. The average Bonchev–Trinajstić information content (AvgIpc) is 3.10. The van der Waals surface area contributed by atoms with Crippen LogP contribution in [0.2, 0.25) is 0 Å². The van der Waals surface area contributed by atoms with Gasteiger partial charge in [-0.3, -0.25) is 4.79 Å². The Morgan fingerprint density at radius 2 is 2.00 bits per heavy atom. The van der Waals surface area contributed by atoms with Crippen molar-refractivity contribution in [2.45, 2.75) is 36.9 Å². The van der Waals surface area contributed by atoms with Crippen LogP contribution in [0.1, 0.15) is 30.2 Å². The summed E-state index contributed by atoms with van der Waals surface area (Å²) in [7, 11) is -3.46. The second-order valence-electron chi connectivity index (χ2n) is 6.89. The molecule has 1 fully saturated rings. The number of amides is 1. The summed E-state index contributed by atoms with van der Waals surface area (Å²) < 4.78 is 40.5. The fraction of sp³-hybridized carbons (Fsp3) is 0.421. The molecule has 1 aliphatic heterocycles. The largest absolute Gasteiger partial charge is 0.351 e. The third-order valence-electron chi connectivity index (χ3n) is 4.69. The van der Waals surface area contributed by atoms with Crippen LogP contribution in [0.5, 0.6) is 0 Å². The number of nitrogens with one attached hydrogen (secondary N) is 1. The summed E-state index contributed by atoms with van der Waals surface area (Å²) >= 11 is 1.18. The van der Waals surface area contributed by atoms with Gasteiger partial charge in [0.05, 0.1) is 13.0 Å². The van der Waals surface area contributed by atoms with Crippen LogP contribution in [0.25, 0.3) is 0 Å². The molecule has 0 spiro atoms. The molecule has 1 saturated heterocycles. The molecule has 0 atom stereocenters. The predicted molar refractivity (Wildman–Crippen MR) is 103 cm³/mol. The summed E-state index contributed by atoms with van der Waals surface area (Å²) in [5, 5.41) is 2.76. The summed E-state index contributed by atoms with van der Waals surface area (Å²) in [6, 6.07) is 9.25. The third-order valence-corrected chi connectivity index (χ3v) is 8.14. The van der Waals surface area contributed by atoms with Crippen molar-refractivity contribution in [2.75, 3.05) is 13.1 Å². The summed E-state index contributed by atoms with van der Waals surface area (Å²) in [5.41, 5.74) is 0.598. The average molecular weight is 411 g/mol. The highest BCUT2D eigenvalue weighted by molar-refractivity contribution is 7.91. The molecule has 5 nitrogen and oxygen atoms in total. The van der Waals surface area contributed by atoms with Gasteiger partial charge in [-0.2, -0.15) is 4.31 Å². The Hall–Kier alpha value is -1.77. The minimum atomic E-state index is -3.46. The molecule has 3 rings (SSSR count). The van der Waals surface area contributed by atoms with Crippen LogP contribution in [0.3, 0.4) is 0 Å². The summed E-state index contributed by atoms with van der Waals surface area (Å²) in [4.78, 5) is 12.8. The van der Waals surface area contributed by atoms with Crippen LogP contribution >= 0.6 is 11.3 Å². The molecule has 0 radical (unpaired) electrons. The number of thiophene rings is 1. The number of rotatable bonds is 6. The van der Waals surface area contributed by atoms with Crippen molar-refractivity contribution in [1.29, 1.82) is 0 Å². The van der Waals surface area contributed by atoms with Crippen LogP contribution in [-0.2, 0) is 27.8 Å². The van der Waals surface area contributed by atoms with E-state index in [0.29, 0.717) is 28.8 Å². The lowest BCUT2D eigenvalue weighted by Gasteiger charge is -2.28. The quantitative estimate of drug-likeness (QED) is 0.795. The first-order chi connectivity index (χ1) is 12.8. The number of halogens is 1. The highest BCUT2D eigenvalue weighted by Gasteiger charge is 2.29. The van der Waals surface area contributed by atoms with Crippen LogP contribution in [0, 0.1) is 11.7 Å². The first-order valence-corrected chi connectivity index (χ1v) is 11.2. The zero-order chi connectivity index (χ0) is 19.4. The van der Waals surface area contributed by atoms with Gasteiger partial charge in [-0.1, -0.05) is 19.1 Å². The van der Waals surface area contributed by atoms with Gasteiger partial charge in [0.15, 0.2) is 0 Å². The van der Waals surface area contributed by atoms with E-state index in [0.717, 1.165) is 17.7 Å². The molecule has 0 unspecified atom stereocenters. The lowest BCUT2D eigenvalue weighted by Crippen LogP contribution is -2.37. The van der Waals surface area contributed by atoms with Crippen LogP contribution < -0.4 is 5.32 Å². The maximum absolute atomic E-state index is 13.2. The lowest BCUT2D eigenvalue weighted by atomic mass is 10.0. The fourth-order valence-corrected chi connectivity index (χ4v) is 5.94. The summed E-state index contributed by atoms with van der Waals surface area (Å²) in [6.07, 6.45) is 1.85. The van der Waals surface area contributed by atoms with E-state index in [2.05, 4.69) is 12.2 Å². The molecular formula is C19H23FN2O3S2. The molecule has 2 heterocycles. The maximum atomic E-state index is 13.2. The molecule has 1 aromatic heterocycles. The molecule has 146 valence electrons. The van der Waals surface area contributed by atoms with Gasteiger partial charge in [-0.05, 0) is 48.6 Å². The standard InChI is InChI=1S/C19H23FN2O3S2/c1-14-7-9-22(10-8-14)27(24,25)19-6-5-17(26-19)13-21-18(23)12-15-3-2-4-16(20)11-15/h2-6,11,14H,7-10,12-13H2,1H3,(H,21,23). The van der Waals surface area contributed by atoms with Gasteiger partial charge in [0, 0.05) is 18.0 Å². The zero-order valence-electron chi connectivity index (χ0n) is 15.2. The smallest absolute Gasteiger partial charge is 0.252 e. The molecule has 2 aromatic rings. The molecule has 1 amide bonds. The second kappa shape index (κ2) is 8.50. The van der Waals surface area contributed by atoms with Gasteiger partial charge >= 0.3 is 0 Å². The monoisotopic (exact) mass is 410 g/mol. The normalized spacial score (nSPS) is 16.4. The third kappa shape index (κ3) is 5.15. The molecule has 0 bridgehead atoms. The molecule has 1 aliphatic rings. The Bertz CT molecular complexity index is 903. The van der Waals surface area contributed by atoms with Gasteiger partial charge < -0.3 is 5.32 Å². The van der Waals surface area contributed by atoms with Crippen molar-refractivity contribution in [3.8, 4) is 0 Å². The SMILES string of the molecule is CC1CCN(S(=O)(=O)c2ccc(CNC(=O)Cc3cccc(F)c3)s2)CC1. The lowest BCUT2D eigenvalue weighted by molar-refractivity contribution is -0.120. The van der Waals surface area contributed by atoms with Crippen molar-refractivity contribution in [2.24, 2.45) is 5.92 Å². The van der Waals surface area contributed by atoms with E-state index in [9.17, 15) is 17.6 Å². The molecule has 1 aromatic carbocycles. The van der Waals surface area contributed by atoms with E-state index in [1.807, 2.05) is 0 Å². The second-order valence-corrected chi connectivity index (χ2v) is 10.2. The van der Waals surface area contributed by atoms with Crippen LogP contribution in [-0.4, -0.2) is 31.7 Å². The summed E-state index contributed by atoms with van der Waals surface area (Å²) in [6.45, 7) is 3.51. The zero-order valence-corrected chi connectivity index (χ0v) is 16.8. The van der Waals surface area contributed by atoms with Gasteiger partial charge in [-0.15, -0.1) is 11.3 Å². The highest BCUT2D eigenvalue weighted by Crippen LogP contribution is 2.28. The number of hydrogen-bond donors (Lipinski definition) is 1. The number of nitrogens with zero attached hydrogens (tertiary/aromatic N) is 1. The van der Waals surface area contributed by atoms with E-state index in [1.165, 1.54) is 23.5 Å². The Labute approximate surface area is 163 Å². The van der Waals surface area contributed by atoms with Gasteiger partial charge in [0.1, 0.15) is 10.0 Å². The minimum Gasteiger partial charge on any atom is -0.351 e. The van der Waals surface area contributed by atoms with Gasteiger partial charge in [0.2, 0.25) is 5.91 Å². The van der Waals surface area contributed by atoms with E-state index in [-0.39, 0.29) is 24.7 Å². The Morgan fingerprint density at radius 3 is 2.70 bits per heavy atom. The van der Waals surface area contributed by atoms with Crippen molar-refractivity contribution >= 4 is 27.3 Å². The van der Waals surface area contributed by atoms with E-state index < -0.39 is 10.0 Å². The Kier molecular flexibility index (Phi) is 6.29. The van der Waals surface area contributed by atoms with Crippen LogP contribution in [0.4, 0.5) is 4.39 Å². The molecule has 0 saturated carbocycles.